The fraction of sp³-hybridized carbons (Fsp3) is 0.615. The van der Waals surface area contributed by atoms with E-state index in [2.05, 4.69) is 5.43 Å². The molecule has 0 radical (unpaired) electrons. The smallest absolute Gasteiger partial charge is 0.427 e. The summed E-state index contributed by atoms with van der Waals surface area (Å²) in [5, 5.41) is 0.763. The van der Waals surface area contributed by atoms with Crippen molar-refractivity contribution in [2.75, 3.05) is 0 Å². The van der Waals surface area contributed by atoms with E-state index in [-0.39, 0.29) is 12.2 Å². The molecular formula is C13H16N2O5. The van der Waals surface area contributed by atoms with Gasteiger partial charge in [0.2, 0.25) is 0 Å². The van der Waals surface area contributed by atoms with Crippen LogP contribution in [0.2, 0.25) is 0 Å². The second-order valence-electron chi connectivity index (χ2n) is 6.13. The Balaban J connectivity index is 1.72. The maximum Gasteiger partial charge on any atom is 0.427 e. The van der Waals surface area contributed by atoms with Crippen molar-refractivity contribution >= 4 is 17.9 Å². The highest BCUT2D eigenvalue weighted by atomic mass is 16.6. The van der Waals surface area contributed by atoms with Crippen LogP contribution in [0.5, 0.6) is 0 Å². The number of hydrazine groups is 1. The fourth-order valence-electron chi connectivity index (χ4n) is 2.81. The lowest BCUT2D eigenvalue weighted by atomic mass is 9.85. The molecule has 0 aromatic rings. The van der Waals surface area contributed by atoms with Gasteiger partial charge in [-0.05, 0) is 20.8 Å². The van der Waals surface area contributed by atoms with Crippen molar-refractivity contribution in [1.82, 2.24) is 10.4 Å². The van der Waals surface area contributed by atoms with E-state index in [0.717, 1.165) is 5.01 Å². The predicted octanol–water partition coefficient (Wildman–Crippen LogP) is 0.364. The number of carbonyl (C=O) groups excluding carboxylic acids is 3. The first kappa shape index (κ1) is 13.1. The Bertz CT molecular complexity index is 491. The number of nitrogens with zero attached hydrogens (tertiary/aromatic N) is 1. The molecule has 2 saturated heterocycles. The molecule has 3 rings (SSSR count). The summed E-state index contributed by atoms with van der Waals surface area (Å²) in [5.74, 6) is -1.95. The first-order valence-electron chi connectivity index (χ1n) is 6.49. The minimum Gasteiger partial charge on any atom is -0.443 e. The molecule has 2 fully saturated rings. The zero-order valence-corrected chi connectivity index (χ0v) is 11.5. The van der Waals surface area contributed by atoms with E-state index in [1.807, 2.05) is 0 Å². The minimum atomic E-state index is -0.819. The number of carbonyl (C=O) groups is 3. The van der Waals surface area contributed by atoms with Gasteiger partial charge in [0.25, 0.3) is 11.8 Å². The number of fused-ring (bicyclic) bond motifs is 5. The zero-order chi connectivity index (χ0) is 14.7. The van der Waals surface area contributed by atoms with Gasteiger partial charge in [-0.2, -0.15) is 5.01 Å². The maximum absolute atomic E-state index is 12.2. The Morgan fingerprint density at radius 3 is 2.15 bits per heavy atom. The Hall–Kier alpha value is -1.89. The number of amides is 3. The minimum absolute atomic E-state index is 0.369. The second kappa shape index (κ2) is 4.05. The third-order valence-electron chi connectivity index (χ3n) is 3.51. The molecule has 0 saturated carbocycles. The van der Waals surface area contributed by atoms with Crippen LogP contribution in [-0.4, -0.2) is 40.7 Å². The molecule has 2 bridgehead atoms. The van der Waals surface area contributed by atoms with Crippen LogP contribution in [0.1, 0.15) is 20.8 Å². The third-order valence-corrected chi connectivity index (χ3v) is 3.51. The summed E-state index contributed by atoms with van der Waals surface area (Å²) in [7, 11) is 0. The van der Waals surface area contributed by atoms with Crippen LogP contribution >= 0.6 is 0 Å². The topological polar surface area (TPSA) is 84.9 Å². The summed E-state index contributed by atoms with van der Waals surface area (Å²) < 4.78 is 10.5. The largest absolute Gasteiger partial charge is 0.443 e. The van der Waals surface area contributed by atoms with Crippen LogP contribution in [-0.2, 0) is 19.1 Å². The van der Waals surface area contributed by atoms with Crippen molar-refractivity contribution in [2.45, 2.75) is 38.6 Å². The van der Waals surface area contributed by atoms with Crippen molar-refractivity contribution in [3.63, 3.8) is 0 Å². The van der Waals surface area contributed by atoms with Crippen LogP contribution in [0, 0.1) is 11.8 Å². The van der Waals surface area contributed by atoms with Crippen molar-refractivity contribution in [3.8, 4) is 0 Å². The predicted molar refractivity (Wildman–Crippen MR) is 66.0 cm³/mol. The summed E-state index contributed by atoms with van der Waals surface area (Å²) >= 11 is 0. The monoisotopic (exact) mass is 280 g/mol. The molecular weight excluding hydrogens is 264 g/mol. The van der Waals surface area contributed by atoms with Gasteiger partial charge in [0.15, 0.2) is 0 Å². The van der Waals surface area contributed by atoms with Gasteiger partial charge in [-0.15, -0.1) is 0 Å². The van der Waals surface area contributed by atoms with Crippen LogP contribution in [0.15, 0.2) is 12.2 Å². The number of nitrogens with one attached hydrogen (secondary N) is 1. The van der Waals surface area contributed by atoms with Gasteiger partial charge in [-0.25, -0.2) is 10.2 Å². The van der Waals surface area contributed by atoms with Gasteiger partial charge in [0.05, 0.1) is 24.0 Å². The highest BCUT2D eigenvalue weighted by Crippen LogP contribution is 2.44. The van der Waals surface area contributed by atoms with E-state index < -0.39 is 35.3 Å². The van der Waals surface area contributed by atoms with Gasteiger partial charge in [-0.3, -0.25) is 9.59 Å². The van der Waals surface area contributed by atoms with Crippen molar-refractivity contribution in [1.29, 1.82) is 0 Å². The van der Waals surface area contributed by atoms with Gasteiger partial charge in [0, 0.05) is 0 Å². The number of hydrogen-bond acceptors (Lipinski definition) is 5. The standard InChI is InChI=1S/C13H16N2O5/c1-13(2,3)20-12(18)14-15-10(16)8-6-4-5-7(19-6)9(8)11(15)17/h4-9H,1-3H3,(H,14,18)/t6-,7+,8-,9+. The number of rotatable bonds is 1. The second-order valence-corrected chi connectivity index (χ2v) is 6.13. The maximum atomic E-state index is 12.2. The van der Waals surface area contributed by atoms with E-state index in [4.69, 9.17) is 9.47 Å². The summed E-state index contributed by atoms with van der Waals surface area (Å²) in [6.45, 7) is 5.10. The molecule has 3 heterocycles. The molecule has 20 heavy (non-hydrogen) atoms. The van der Waals surface area contributed by atoms with E-state index in [0.29, 0.717) is 0 Å². The number of hydrogen-bond donors (Lipinski definition) is 1. The lowest BCUT2D eigenvalue weighted by Gasteiger charge is -2.23. The van der Waals surface area contributed by atoms with Crippen LogP contribution < -0.4 is 5.43 Å². The lowest BCUT2D eigenvalue weighted by molar-refractivity contribution is -0.146. The molecule has 3 aliphatic rings. The van der Waals surface area contributed by atoms with Gasteiger partial charge < -0.3 is 9.47 Å². The van der Waals surface area contributed by atoms with E-state index in [1.54, 1.807) is 32.9 Å². The Kier molecular flexibility index (Phi) is 2.66. The summed E-state index contributed by atoms with van der Waals surface area (Å²) in [6, 6.07) is 0. The molecule has 7 heteroatoms. The zero-order valence-electron chi connectivity index (χ0n) is 11.5. The molecule has 3 amide bonds. The summed E-state index contributed by atoms with van der Waals surface area (Å²) in [4.78, 5) is 36.1. The first-order valence-corrected chi connectivity index (χ1v) is 6.49. The third kappa shape index (κ3) is 1.89. The molecule has 7 nitrogen and oxygen atoms in total. The van der Waals surface area contributed by atoms with E-state index >= 15 is 0 Å². The molecule has 0 unspecified atom stereocenters. The molecule has 0 aromatic heterocycles. The number of ether oxygens (including phenoxy) is 2. The highest BCUT2D eigenvalue weighted by molar-refractivity contribution is 6.07. The van der Waals surface area contributed by atoms with Crippen LogP contribution in [0.25, 0.3) is 0 Å². The molecule has 1 N–H and O–H groups in total. The van der Waals surface area contributed by atoms with Gasteiger partial charge >= 0.3 is 6.09 Å². The van der Waals surface area contributed by atoms with Gasteiger partial charge in [-0.1, -0.05) is 12.2 Å². The summed E-state index contributed by atoms with van der Waals surface area (Å²) in [6.07, 6.45) is 2.02. The Morgan fingerprint density at radius 2 is 1.70 bits per heavy atom. The molecule has 3 aliphatic heterocycles. The normalized spacial score (nSPS) is 34.6. The SMILES string of the molecule is CC(C)(C)OC(=O)NN1C(=O)[C@@H]2[C@H](C1=O)[C@H]1C=C[C@@H]2O1. The van der Waals surface area contributed by atoms with Crippen LogP contribution in [0.4, 0.5) is 4.79 Å². The van der Waals surface area contributed by atoms with Crippen molar-refractivity contribution in [3.05, 3.63) is 12.2 Å². The Labute approximate surface area is 115 Å². The summed E-state index contributed by atoms with van der Waals surface area (Å²) in [5.41, 5.74) is 1.52. The quantitative estimate of drug-likeness (QED) is 0.554. The first-order chi connectivity index (χ1) is 9.28. The molecule has 108 valence electrons. The van der Waals surface area contributed by atoms with E-state index in [1.165, 1.54) is 0 Å². The molecule has 0 spiro atoms. The lowest BCUT2D eigenvalue weighted by Crippen LogP contribution is -2.49. The number of imide groups is 1. The Morgan fingerprint density at radius 1 is 1.20 bits per heavy atom. The molecule has 0 aromatic carbocycles. The van der Waals surface area contributed by atoms with Crippen LogP contribution in [0.3, 0.4) is 0 Å². The van der Waals surface area contributed by atoms with E-state index in [9.17, 15) is 14.4 Å². The molecule has 4 atom stereocenters. The average molecular weight is 280 g/mol. The highest BCUT2D eigenvalue weighted by Gasteiger charge is 2.61. The fourth-order valence-corrected chi connectivity index (χ4v) is 2.81. The van der Waals surface area contributed by atoms with Crippen molar-refractivity contribution in [2.24, 2.45) is 11.8 Å². The van der Waals surface area contributed by atoms with Gasteiger partial charge in [0.1, 0.15) is 5.60 Å². The van der Waals surface area contributed by atoms with Crippen molar-refractivity contribution < 1.29 is 23.9 Å². The average Bonchev–Trinajstić information content (AvgIpc) is 2.96. The molecule has 0 aliphatic carbocycles.